The Morgan fingerprint density at radius 1 is 1.36 bits per heavy atom. The van der Waals surface area contributed by atoms with E-state index in [0.717, 1.165) is 18.8 Å². The SMILES string of the molecule is CC1NCCOC1c1ccc(N)cc1. The first kappa shape index (κ1) is 9.49. The van der Waals surface area contributed by atoms with E-state index in [4.69, 9.17) is 10.5 Å². The summed E-state index contributed by atoms with van der Waals surface area (Å²) in [4.78, 5) is 0. The van der Waals surface area contributed by atoms with Gasteiger partial charge in [0.1, 0.15) is 0 Å². The van der Waals surface area contributed by atoms with Crippen molar-refractivity contribution in [3.8, 4) is 0 Å². The number of hydrogen-bond acceptors (Lipinski definition) is 3. The smallest absolute Gasteiger partial charge is 0.0975 e. The highest BCUT2D eigenvalue weighted by atomic mass is 16.5. The first-order chi connectivity index (χ1) is 6.77. The summed E-state index contributed by atoms with van der Waals surface area (Å²) in [5.74, 6) is 0. The summed E-state index contributed by atoms with van der Waals surface area (Å²) >= 11 is 0. The monoisotopic (exact) mass is 192 g/mol. The van der Waals surface area contributed by atoms with Crippen LogP contribution in [-0.2, 0) is 4.74 Å². The Labute approximate surface area is 84.3 Å². The maximum Gasteiger partial charge on any atom is 0.0975 e. The van der Waals surface area contributed by atoms with Gasteiger partial charge in [-0.25, -0.2) is 0 Å². The highest BCUT2D eigenvalue weighted by Crippen LogP contribution is 2.24. The largest absolute Gasteiger partial charge is 0.399 e. The Morgan fingerprint density at radius 2 is 2.07 bits per heavy atom. The molecule has 1 aliphatic rings. The molecule has 1 saturated heterocycles. The van der Waals surface area contributed by atoms with Crippen molar-refractivity contribution in [2.45, 2.75) is 19.1 Å². The number of benzene rings is 1. The Kier molecular flexibility index (Phi) is 2.70. The fourth-order valence-electron chi connectivity index (χ4n) is 1.79. The van der Waals surface area contributed by atoms with Gasteiger partial charge in [0.15, 0.2) is 0 Å². The number of nitrogens with one attached hydrogen (secondary N) is 1. The summed E-state index contributed by atoms with van der Waals surface area (Å²) in [6, 6.07) is 8.26. The molecule has 0 aliphatic carbocycles. The summed E-state index contributed by atoms with van der Waals surface area (Å²) in [6.07, 6.45) is 0.157. The second-order valence-electron chi connectivity index (χ2n) is 3.70. The van der Waals surface area contributed by atoms with Gasteiger partial charge in [0, 0.05) is 18.3 Å². The quantitative estimate of drug-likeness (QED) is 0.660. The van der Waals surface area contributed by atoms with Crippen molar-refractivity contribution in [2.24, 2.45) is 0 Å². The van der Waals surface area contributed by atoms with Crippen LogP contribution in [0.3, 0.4) is 0 Å². The zero-order valence-corrected chi connectivity index (χ0v) is 8.36. The lowest BCUT2D eigenvalue weighted by atomic mass is 10.0. The van der Waals surface area contributed by atoms with E-state index >= 15 is 0 Å². The molecule has 3 nitrogen and oxygen atoms in total. The Hall–Kier alpha value is -1.06. The first-order valence-corrected chi connectivity index (χ1v) is 4.98. The van der Waals surface area contributed by atoms with E-state index in [0.29, 0.717) is 6.04 Å². The standard InChI is InChI=1S/C11H16N2O/c1-8-11(14-7-6-13-8)9-2-4-10(12)5-3-9/h2-5,8,11,13H,6-7,12H2,1H3. The summed E-state index contributed by atoms with van der Waals surface area (Å²) in [7, 11) is 0. The fraction of sp³-hybridized carbons (Fsp3) is 0.455. The number of rotatable bonds is 1. The van der Waals surface area contributed by atoms with Crippen LogP contribution in [0.4, 0.5) is 5.69 Å². The molecule has 2 unspecified atom stereocenters. The van der Waals surface area contributed by atoms with Gasteiger partial charge >= 0.3 is 0 Å². The van der Waals surface area contributed by atoms with Crippen LogP contribution in [0.5, 0.6) is 0 Å². The van der Waals surface area contributed by atoms with Crippen LogP contribution in [0.1, 0.15) is 18.6 Å². The van der Waals surface area contributed by atoms with E-state index in [1.807, 2.05) is 24.3 Å². The van der Waals surface area contributed by atoms with Gasteiger partial charge in [-0.15, -0.1) is 0 Å². The average Bonchev–Trinajstić information content (AvgIpc) is 2.20. The molecule has 0 saturated carbocycles. The van der Waals surface area contributed by atoms with Crippen molar-refractivity contribution in [1.29, 1.82) is 0 Å². The third-order valence-electron chi connectivity index (χ3n) is 2.58. The molecule has 0 radical (unpaired) electrons. The van der Waals surface area contributed by atoms with Crippen LogP contribution in [0.2, 0.25) is 0 Å². The molecule has 1 fully saturated rings. The van der Waals surface area contributed by atoms with Crippen molar-refractivity contribution >= 4 is 5.69 Å². The van der Waals surface area contributed by atoms with E-state index in [2.05, 4.69) is 12.2 Å². The summed E-state index contributed by atoms with van der Waals surface area (Å²) in [5.41, 5.74) is 7.62. The van der Waals surface area contributed by atoms with Crippen LogP contribution in [0.15, 0.2) is 24.3 Å². The van der Waals surface area contributed by atoms with Gasteiger partial charge < -0.3 is 15.8 Å². The molecule has 3 N–H and O–H groups in total. The van der Waals surface area contributed by atoms with Gasteiger partial charge in [-0.2, -0.15) is 0 Å². The first-order valence-electron chi connectivity index (χ1n) is 4.98. The number of morpholine rings is 1. The zero-order valence-electron chi connectivity index (χ0n) is 8.36. The van der Waals surface area contributed by atoms with E-state index in [1.165, 1.54) is 5.56 Å². The van der Waals surface area contributed by atoms with Gasteiger partial charge in [0.2, 0.25) is 0 Å². The topological polar surface area (TPSA) is 47.3 Å². The number of nitrogens with two attached hydrogens (primary N) is 1. The number of anilines is 1. The van der Waals surface area contributed by atoms with Crippen molar-refractivity contribution in [3.63, 3.8) is 0 Å². The third kappa shape index (κ3) is 1.89. The molecule has 1 aliphatic heterocycles. The molecule has 0 aromatic heterocycles. The lowest BCUT2D eigenvalue weighted by Gasteiger charge is -2.30. The maximum atomic E-state index is 5.71. The predicted molar refractivity (Wildman–Crippen MR) is 57.0 cm³/mol. The lowest BCUT2D eigenvalue weighted by molar-refractivity contribution is -0.000212. The number of ether oxygens (including phenoxy) is 1. The van der Waals surface area contributed by atoms with Gasteiger partial charge in [0.05, 0.1) is 12.7 Å². The normalized spacial score (nSPS) is 27.5. The maximum absolute atomic E-state index is 5.71. The second-order valence-corrected chi connectivity index (χ2v) is 3.70. The van der Waals surface area contributed by atoms with Gasteiger partial charge in [-0.05, 0) is 24.6 Å². The minimum absolute atomic E-state index is 0.157. The molecule has 3 heteroatoms. The van der Waals surface area contributed by atoms with Crippen LogP contribution in [0.25, 0.3) is 0 Å². The van der Waals surface area contributed by atoms with E-state index in [1.54, 1.807) is 0 Å². The minimum atomic E-state index is 0.157. The Morgan fingerprint density at radius 3 is 2.71 bits per heavy atom. The lowest BCUT2D eigenvalue weighted by Crippen LogP contribution is -2.41. The average molecular weight is 192 g/mol. The van der Waals surface area contributed by atoms with Crippen molar-refractivity contribution in [2.75, 3.05) is 18.9 Å². The summed E-state index contributed by atoms with van der Waals surface area (Å²) < 4.78 is 5.71. The third-order valence-corrected chi connectivity index (χ3v) is 2.58. The van der Waals surface area contributed by atoms with Crippen LogP contribution in [-0.4, -0.2) is 19.2 Å². The Bertz CT molecular complexity index is 297. The van der Waals surface area contributed by atoms with Crippen molar-refractivity contribution in [1.82, 2.24) is 5.32 Å². The van der Waals surface area contributed by atoms with Crippen molar-refractivity contribution < 1.29 is 4.74 Å². The Balaban J connectivity index is 2.16. The molecule has 0 bridgehead atoms. The summed E-state index contributed by atoms with van der Waals surface area (Å²) in [6.45, 7) is 3.85. The highest BCUT2D eigenvalue weighted by Gasteiger charge is 2.22. The zero-order chi connectivity index (χ0) is 9.97. The molecule has 2 rings (SSSR count). The van der Waals surface area contributed by atoms with E-state index in [9.17, 15) is 0 Å². The molecular weight excluding hydrogens is 176 g/mol. The van der Waals surface area contributed by atoms with Crippen molar-refractivity contribution in [3.05, 3.63) is 29.8 Å². The van der Waals surface area contributed by atoms with Crippen LogP contribution < -0.4 is 11.1 Å². The second kappa shape index (κ2) is 3.98. The number of hydrogen-bond donors (Lipinski definition) is 2. The minimum Gasteiger partial charge on any atom is -0.399 e. The molecule has 0 amide bonds. The molecule has 1 heterocycles. The number of nitrogen functional groups attached to an aromatic ring is 1. The molecule has 2 atom stereocenters. The fourth-order valence-corrected chi connectivity index (χ4v) is 1.79. The molecule has 14 heavy (non-hydrogen) atoms. The molecule has 0 spiro atoms. The van der Waals surface area contributed by atoms with Crippen LogP contribution in [0, 0.1) is 0 Å². The highest BCUT2D eigenvalue weighted by molar-refractivity contribution is 5.40. The van der Waals surface area contributed by atoms with Gasteiger partial charge in [-0.1, -0.05) is 12.1 Å². The molecular formula is C11H16N2O. The molecule has 1 aromatic carbocycles. The van der Waals surface area contributed by atoms with Crippen LogP contribution >= 0.6 is 0 Å². The van der Waals surface area contributed by atoms with Gasteiger partial charge in [-0.3, -0.25) is 0 Å². The van der Waals surface area contributed by atoms with E-state index < -0.39 is 0 Å². The molecule has 1 aromatic rings. The van der Waals surface area contributed by atoms with E-state index in [-0.39, 0.29) is 6.10 Å². The van der Waals surface area contributed by atoms with Gasteiger partial charge in [0.25, 0.3) is 0 Å². The predicted octanol–water partition coefficient (Wildman–Crippen LogP) is 1.32. The summed E-state index contributed by atoms with van der Waals surface area (Å²) in [5, 5.41) is 3.39. The molecule has 76 valence electrons.